The predicted molar refractivity (Wildman–Crippen MR) is 79.4 cm³/mol. The first kappa shape index (κ1) is 12.4. The molecule has 1 aromatic heterocycles. The fraction of sp³-hybridized carbons (Fsp3) is 0.200. The Balaban J connectivity index is 1.86. The molecule has 0 saturated carbocycles. The molecule has 1 aliphatic rings. The molecule has 19 heavy (non-hydrogen) atoms. The number of carbonyl (C=O) groups excluding carboxylic acids is 1. The summed E-state index contributed by atoms with van der Waals surface area (Å²) in [7, 11) is 0. The highest BCUT2D eigenvalue weighted by molar-refractivity contribution is 9.09. The van der Waals surface area contributed by atoms with Gasteiger partial charge in [0.25, 0.3) is 0 Å². The Morgan fingerprint density at radius 3 is 2.53 bits per heavy atom. The molecule has 3 nitrogen and oxygen atoms in total. The van der Waals surface area contributed by atoms with Gasteiger partial charge in [0.1, 0.15) is 0 Å². The van der Waals surface area contributed by atoms with Crippen molar-refractivity contribution in [3.8, 4) is 11.3 Å². The molecular weight excluding hydrogens is 304 g/mol. The summed E-state index contributed by atoms with van der Waals surface area (Å²) in [6.45, 7) is 0.738. The minimum absolute atomic E-state index is 0.174. The summed E-state index contributed by atoms with van der Waals surface area (Å²) in [6.07, 6.45) is 2.35. The molecule has 0 N–H and O–H groups in total. The number of carbonyl (C=O) groups is 1. The van der Waals surface area contributed by atoms with Crippen LogP contribution in [0, 0.1) is 0 Å². The lowest BCUT2D eigenvalue weighted by Gasteiger charge is -2.16. The van der Waals surface area contributed by atoms with E-state index >= 15 is 0 Å². The Labute approximate surface area is 120 Å². The molecule has 1 aliphatic heterocycles. The molecule has 1 amide bonds. The molecular formula is C15H13BrN2O. The zero-order valence-electron chi connectivity index (χ0n) is 10.3. The van der Waals surface area contributed by atoms with Crippen molar-refractivity contribution in [1.82, 2.24) is 4.98 Å². The van der Waals surface area contributed by atoms with E-state index in [1.165, 1.54) is 0 Å². The second-order valence-corrected chi connectivity index (χ2v) is 5.86. The smallest absolute Gasteiger partial charge is 0.228 e. The molecule has 1 aromatic carbocycles. The third kappa shape index (κ3) is 2.54. The Hall–Kier alpha value is -1.68. The first-order valence-corrected chi connectivity index (χ1v) is 7.11. The molecule has 2 aromatic rings. The van der Waals surface area contributed by atoms with Gasteiger partial charge >= 0.3 is 0 Å². The van der Waals surface area contributed by atoms with E-state index in [0.717, 1.165) is 23.5 Å². The molecule has 96 valence electrons. The standard InChI is InChI=1S/C15H13BrN2O/c16-12-9-15(19)18(10-12)13-6-4-11(5-7-13)14-3-1-2-8-17-14/h1-8,12H,9-10H2. The fourth-order valence-electron chi connectivity index (χ4n) is 2.26. The molecule has 1 unspecified atom stereocenters. The molecule has 1 fully saturated rings. The van der Waals surface area contributed by atoms with Crippen molar-refractivity contribution in [2.75, 3.05) is 11.4 Å². The van der Waals surface area contributed by atoms with Gasteiger partial charge in [-0.15, -0.1) is 0 Å². The van der Waals surface area contributed by atoms with Gasteiger partial charge < -0.3 is 4.90 Å². The zero-order chi connectivity index (χ0) is 13.2. The maximum absolute atomic E-state index is 11.8. The molecule has 1 atom stereocenters. The third-order valence-electron chi connectivity index (χ3n) is 3.22. The van der Waals surface area contributed by atoms with Crippen LogP contribution in [0.5, 0.6) is 0 Å². The van der Waals surface area contributed by atoms with Gasteiger partial charge in [-0.2, -0.15) is 0 Å². The summed E-state index contributed by atoms with van der Waals surface area (Å²) in [6, 6.07) is 13.8. The minimum Gasteiger partial charge on any atom is -0.311 e. The predicted octanol–water partition coefficient (Wildman–Crippen LogP) is 3.25. The maximum Gasteiger partial charge on any atom is 0.228 e. The highest BCUT2D eigenvalue weighted by atomic mass is 79.9. The van der Waals surface area contributed by atoms with Crippen LogP contribution in [0.1, 0.15) is 6.42 Å². The molecule has 4 heteroatoms. The number of anilines is 1. The number of benzene rings is 1. The average molecular weight is 317 g/mol. The van der Waals surface area contributed by atoms with E-state index in [-0.39, 0.29) is 10.7 Å². The van der Waals surface area contributed by atoms with Gasteiger partial charge in [-0.05, 0) is 24.3 Å². The lowest BCUT2D eigenvalue weighted by atomic mass is 10.1. The van der Waals surface area contributed by atoms with E-state index in [1.807, 2.05) is 47.4 Å². The van der Waals surface area contributed by atoms with E-state index < -0.39 is 0 Å². The summed E-state index contributed by atoms with van der Waals surface area (Å²) < 4.78 is 0. The number of alkyl halides is 1. The van der Waals surface area contributed by atoms with Gasteiger partial charge in [-0.3, -0.25) is 9.78 Å². The van der Waals surface area contributed by atoms with E-state index in [9.17, 15) is 4.79 Å². The Morgan fingerprint density at radius 1 is 1.16 bits per heavy atom. The topological polar surface area (TPSA) is 33.2 Å². The SMILES string of the molecule is O=C1CC(Br)CN1c1ccc(-c2ccccn2)cc1. The molecule has 2 heterocycles. The number of rotatable bonds is 2. The van der Waals surface area contributed by atoms with E-state index in [0.29, 0.717) is 6.42 Å². The van der Waals surface area contributed by atoms with Gasteiger partial charge in [0.05, 0.1) is 5.69 Å². The normalized spacial score (nSPS) is 18.9. The van der Waals surface area contributed by atoms with Crippen molar-refractivity contribution in [2.24, 2.45) is 0 Å². The first-order chi connectivity index (χ1) is 9.24. The van der Waals surface area contributed by atoms with E-state index in [2.05, 4.69) is 20.9 Å². The van der Waals surface area contributed by atoms with Crippen LogP contribution in [0.3, 0.4) is 0 Å². The lowest BCUT2D eigenvalue weighted by Crippen LogP contribution is -2.24. The summed E-state index contributed by atoms with van der Waals surface area (Å²) in [5, 5.41) is 0. The largest absolute Gasteiger partial charge is 0.311 e. The van der Waals surface area contributed by atoms with Crippen LogP contribution in [-0.2, 0) is 4.79 Å². The van der Waals surface area contributed by atoms with Gasteiger partial charge in [0, 0.05) is 35.2 Å². The first-order valence-electron chi connectivity index (χ1n) is 6.20. The van der Waals surface area contributed by atoms with Crippen LogP contribution < -0.4 is 4.90 Å². The van der Waals surface area contributed by atoms with Crippen molar-refractivity contribution in [1.29, 1.82) is 0 Å². The number of halogens is 1. The summed E-state index contributed by atoms with van der Waals surface area (Å²) >= 11 is 3.50. The van der Waals surface area contributed by atoms with Crippen molar-refractivity contribution < 1.29 is 4.79 Å². The van der Waals surface area contributed by atoms with Crippen LogP contribution in [0.15, 0.2) is 48.7 Å². The van der Waals surface area contributed by atoms with Crippen LogP contribution >= 0.6 is 15.9 Å². The molecule has 0 radical (unpaired) electrons. The van der Waals surface area contributed by atoms with Crippen molar-refractivity contribution in [3.05, 3.63) is 48.7 Å². The van der Waals surface area contributed by atoms with E-state index in [1.54, 1.807) is 6.20 Å². The number of hydrogen-bond acceptors (Lipinski definition) is 2. The molecule has 0 spiro atoms. The minimum atomic E-state index is 0.174. The fourth-order valence-corrected chi connectivity index (χ4v) is 2.83. The van der Waals surface area contributed by atoms with Gasteiger partial charge in [0.2, 0.25) is 5.91 Å². The van der Waals surface area contributed by atoms with Crippen molar-refractivity contribution >= 4 is 27.5 Å². The molecule has 3 rings (SSSR count). The van der Waals surface area contributed by atoms with Crippen molar-refractivity contribution in [2.45, 2.75) is 11.2 Å². The molecule has 0 bridgehead atoms. The van der Waals surface area contributed by atoms with Gasteiger partial charge in [0.15, 0.2) is 0 Å². The number of nitrogens with zero attached hydrogens (tertiary/aromatic N) is 2. The Morgan fingerprint density at radius 2 is 1.95 bits per heavy atom. The van der Waals surface area contributed by atoms with Gasteiger partial charge in [-0.1, -0.05) is 34.1 Å². The second kappa shape index (κ2) is 5.13. The zero-order valence-corrected chi connectivity index (χ0v) is 11.9. The number of amides is 1. The van der Waals surface area contributed by atoms with E-state index in [4.69, 9.17) is 0 Å². The van der Waals surface area contributed by atoms with Gasteiger partial charge in [-0.25, -0.2) is 0 Å². The summed E-state index contributed by atoms with van der Waals surface area (Å²) in [5.74, 6) is 0.174. The number of pyridine rings is 1. The quantitative estimate of drug-likeness (QED) is 0.797. The number of aromatic nitrogens is 1. The van der Waals surface area contributed by atoms with Crippen LogP contribution in [0.4, 0.5) is 5.69 Å². The highest BCUT2D eigenvalue weighted by Gasteiger charge is 2.28. The summed E-state index contributed by atoms with van der Waals surface area (Å²) in [5.41, 5.74) is 2.96. The Bertz CT molecular complexity index is 583. The number of hydrogen-bond donors (Lipinski definition) is 0. The lowest BCUT2D eigenvalue weighted by molar-refractivity contribution is -0.117. The van der Waals surface area contributed by atoms with Crippen LogP contribution in [0.2, 0.25) is 0 Å². The third-order valence-corrected chi connectivity index (χ3v) is 3.83. The summed E-state index contributed by atoms with van der Waals surface area (Å²) in [4.78, 5) is 18.2. The van der Waals surface area contributed by atoms with Crippen LogP contribution in [0.25, 0.3) is 11.3 Å². The maximum atomic E-state index is 11.8. The van der Waals surface area contributed by atoms with Crippen molar-refractivity contribution in [3.63, 3.8) is 0 Å². The van der Waals surface area contributed by atoms with Crippen LogP contribution in [-0.4, -0.2) is 22.3 Å². The Kier molecular flexibility index (Phi) is 3.34. The average Bonchev–Trinajstić information content (AvgIpc) is 2.79. The second-order valence-electron chi connectivity index (χ2n) is 4.57. The highest BCUT2D eigenvalue weighted by Crippen LogP contribution is 2.27. The molecule has 0 aliphatic carbocycles. The molecule has 1 saturated heterocycles. The monoisotopic (exact) mass is 316 g/mol.